The number of esters is 1. The highest BCUT2D eigenvalue weighted by molar-refractivity contribution is 5.85. The van der Waals surface area contributed by atoms with Crippen LogP contribution in [0.5, 0.6) is 5.75 Å². The summed E-state index contributed by atoms with van der Waals surface area (Å²) in [4.78, 5) is 12.0. The molecular formula is C15H14O4. The lowest BCUT2D eigenvalue weighted by Gasteiger charge is -2.26. The van der Waals surface area contributed by atoms with Crippen LogP contribution in [0.4, 0.5) is 0 Å². The zero-order chi connectivity index (χ0) is 13.9. The van der Waals surface area contributed by atoms with Gasteiger partial charge in [-0.05, 0) is 23.3 Å². The molecule has 2 aromatic carbocycles. The first-order valence-corrected chi connectivity index (χ1v) is 5.75. The van der Waals surface area contributed by atoms with Crippen molar-refractivity contribution in [1.82, 2.24) is 0 Å². The quantitative estimate of drug-likeness (QED) is 0.824. The first-order chi connectivity index (χ1) is 9.09. The fraction of sp³-hybridized carbons (Fsp3) is 0.133. The Morgan fingerprint density at radius 2 is 1.53 bits per heavy atom. The third kappa shape index (κ3) is 2.30. The van der Waals surface area contributed by atoms with Crippen molar-refractivity contribution in [2.24, 2.45) is 0 Å². The molecule has 4 nitrogen and oxygen atoms in total. The topological polar surface area (TPSA) is 66.8 Å². The second-order valence-corrected chi connectivity index (χ2v) is 4.11. The van der Waals surface area contributed by atoms with E-state index in [0.29, 0.717) is 11.1 Å². The molecule has 2 aromatic rings. The van der Waals surface area contributed by atoms with Gasteiger partial charge in [-0.15, -0.1) is 0 Å². The van der Waals surface area contributed by atoms with Gasteiger partial charge >= 0.3 is 5.97 Å². The van der Waals surface area contributed by atoms with E-state index in [1.165, 1.54) is 31.4 Å². The smallest absolute Gasteiger partial charge is 0.347 e. The van der Waals surface area contributed by atoms with E-state index in [0.717, 1.165) is 0 Å². The van der Waals surface area contributed by atoms with Crippen LogP contribution in [-0.2, 0) is 15.1 Å². The summed E-state index contributed by atoms with van der Waals surface area (Å²) in [5.74, 6) is -0.714. The van der Waals surface area contributed by atoms with Gasteiger partial charge < -0.3 is 14.9 Å². The van der Waals surface area contributed by atoms with Crippen molar-refractivity contribution < 1.29 is 19.7 Å². The summed E-state index contributed by atoms with van der Waals surface area (Å²) in [6.45, 7) is 0. The summed E-state index contributed by atoms with van der Waals surface area (Å²) >= 11 is 0. The lowest BCUT2D eigenvalue weighted by atomic mass is 9.86. The third-order valence-electron chi connectivity index (χ3n) is 2.96. The Morgan fingerprint density at radius 1 is 1.00 bits per heavy atom. The van der Waals surface area contributed by atoms with Crippen molar-refractivity contribution in [1.29, 1.82) is 0 Å². The number of carbonyl (C=O) groups is 1. The fourth-order valence-electron chi connectivity index (χ4n) is 1.93. The lowest BCUT2D eigenvalue weighted by molar-refractivity contribution is -0.158. The number of rotatable bonds is 3. The second-order valence-electron chi connectivity index (χ2n) is 4.11. The number of hydrogen-bond donors (Lipinski definition) is 2. The molecule has 0 saturated heterocycles. The van der Waals surface area contributed by atoms with Crippen LogP contribution in [-0.4, -0.2) is 23.3 Å². The van der Waals surface area contributed by atoms with Crippen LogP contribution in [0.1, 0.15) is 11.1 Å². The molecule has 0 bridgehead atoms. The van der Waals surface area contributed by atoms with Crippen molar-refractivity contribution in [3.05, 3.63) is 65.7 Å². The molecule has 0 saturated carbocycles. The first kappa shape index (κ1) is 13.1. The van der Waals surface area contributed by atoms with E-state index in [2.05, 4.69) is 0 Å². The number of hydrogen-bond acceptors (Lipinski definition) is 4. The molecule has 0 aliphatic heterocycles. The Kier molecular flexibility index (Phi) is 3.53. The molecule has 1 atom stereocenters. The van der Waals surface area contributed by atoms with Crippen LogP contribution in [0, 0.1) is 0 Å². The molecule has 1 unspecified atom stereocenters. The lowest BCUT2D eigenvalue weighted by Crippen LogP contribution is -2.37. The second kappa shape index (κ2) is 5.12. The van der Waals surface area contributed by atoms with E-state index < -0.39 is 11.6 Å². The normalized spacial score (nSPS) is 13.6. The van der Waals surface area contributed by atoms with Crippen molar-refractivity contribution in [2.75, 3.05) is 7.11 Å². The minimum absolute atomic E-state index is 0.0593. The van der Waals surface area contributed by atoms with E-state index in [4.69, 9.17) is 4.74 Å². The molecule has 0 aliphatic rings. The maximum absolute atomic E-state index is 12.0. The number of phenols is 1. The molecule has 0 spiro atoms. The van der Waals surface area contributed by atoms with Gasteiger partial charge in [0.1, 0.15) is 5.75 Å². The predicted molar refractivity (Wildman–Crippen MR) is 69.6 cm³/mol. The van der Waals surface area contributed by atoms with Crippen LogP contribution >= 0.6 is 0 Å². The standard InChI is InChI=1S/C15H14O4/c1-19-14(17)15(18,11-5-3-2-4-6-11)12-7-9-13(16)10-8-12/h2-10,16,18H,1H3. The summed E-state index contributed by atoms with van der Waals surface area (Å²) in [5, 5.41) is 20.0. The molecule has 0 heterocycles. The van der Waals surface area contributed by atoms with Gasteiger partial charge in [0.2, 0.25) is 5.60 Å². The maximum atomic E-state index is 12.0. The number of benzene rings is 2. The number of phenolic OH excluding ortho intramolecular Hbond substituents is 1. The van der Waals surface area contributed by atoms with Crippen LogP contribution < -0.4 is 0 Å². The molecule has 0 radical (unpaired) electrons. The van der Waals surface area contributed by atoms with Gasteiger partial charge in [0.05, 0.1) is 7.11 Å². The van der Waals surface area contributed by atoms with Crippen LogP contribution in [0.2, 0.25) is 0 Å². The van der Waals surface area contributed by atoms with Crippen LogP contribution in [0.15, 0.2) is 54.6 Å². The van der Waals surface area contributed by atoms with Crippen molar-refractivity contribution in [3.8, 4) is 5.75 Å². The minimum atomic E-state index is -1.89. The summed E-state index contributed by atoms with van der Waals surface area (Å²) in [5.41, 5.74) is -1.14. The molecule has 0 fully saturated rings. The van der Waals surface area contributed by atoms with Gasteiger partial charge in [0.15, 0.2) is 0 Å². The molecule has 0 amide bonds. The van der Waals surface area contributed by atoms with Gasteiger partial charge in [-0.25, -0.2) is 4.79 Å². The molecule has 0 aromatic heterocycles. The average Bonchev–Trinajstić information content (AvgIpc) is 2.47. The largest absolute Gasteiger partial charge is 0.508 e. The molecule has 4 heteroatoms. The monoisotopic (exact) mass is 258 g/mol. The zero-order valence-corrected chi connectivity index (χ0v) is 10.4. The Bertz CT molecular complexity index is 562. The Morgan fingerprint density at radius 3 is 2.05 bits per heavy atom. The number of carbonyl (C=O) groups excluding carboxylic acids is 1. The summed E-state index contributed by atoms with van der Waals surface area (Å²) in [7, 11) is 1.22. The van der Waals surface area contributed by atoms with Gasteiger partial charge in [-0.3, -0.25) is 0 Å². The highest BCUT2D eigenvalue weighted by atomic mass is 16.5. The summed E-state index contributed by atoms with van der Waals surface area (Å²) in [6, 6.07) is 14.3. The minimum Gasteiger partial charge on any atom is -0.508 e. The third-order valence-corrected chi connectivity index (χ3v) is 2.96. The Hall–Kier alpha value is -2.33. The van der Waals surface area contributed by atoms with Crippen molar-refractivity contribution in [2.45, 2.75) is 5.60 Å². The highest BCUT2D eigenvalue weighted by Gasteiger charge is 2.41. The maximum Gasteiger partial charge on any atom is 0.347 e. The average molecular weight is 258 g/mol. The van der Waals surface area contributed by atoms with E-state index in [-0.39, 0.29) is 5.75 Å². The van der Waals surface area contributed by atoms with Crippen LogP contribution in [0.3, 0.4) is 0 Å². The SMILES string of the molecule is COC(=O)C(O)(c1ccccc1)c1ccc(O)cc1. The van der Waals surface area contributed by atoms with Gasteiger partial charge in [-0.2, -0.15) is 0 Å². The van der Waals surface area contributed by atoms with E-state index in [1.54, 1.807) is 30.3 Å². The van der Waals surface area contributed by atoms with E-state index in [1.807, 2.05) is 0 Å². The molecule has 19 heavy (non-hydrogen) atoms. The van der Waals surface area contributed by atoms with Crippen molar-refractivity contribution in [3.63, 3.8) is 0 Å². The summed E-state index contributed by atoms with van der Waals surface area (Å²) in [6.07, 6.45) is 0. The Labute approximate surface area is 110 Å². The molecular weight excluding hydrogens is 244 g/mol. The van der Waals surface area contributed by atoms with E-state index >= 15 is 0 Å². The van der Waals surface area contributed by atoms with Gasteiger partial charge in [-0.1, -0.05) is 42.5 Å². The molecule has 2 rings (SSSR count). The number of aliphatic hydroxyl groups is 1. The number of methoxy groups -OCH3 is 1. The summed E-state index contributed by atoms with van der Waals surface area (Å²) < 4.78 is 4.70. The number of aromatic hydroxyl groups is 1. The van der Waals surface area contributed by atoms with Crippen molar-refractivity contribution >= 4 is 5.97 Å². The van der Waals surface area contributed by atoms with Crippen LogP contribution in [0.25, 0.3) is 0 Å². The fourth-order valence-corrected chi connectivity index (χ4v) is 1.93. The Balaban J connectivity index is 2.58. The molecule has 2 N–H and O–H groups in total. The van der Waals surface area contributed by atoms with Gasteiger partial charge in [0, 0.05) is 0 Å². The first-order valence-electron chi connectivity index (χ1n) is 5.75. The molecule has 98 valence electrons. The molecule has 0 aliphatic carbocycles. The highest BCUT2D eigenvalue weighted by Crippen LogP contribution is 2.31. The predicted octanol–water partition coefficient (Wildman–Crippen LogP) is 1.80. The number of ether oxygens (including phenoxy) is 1. The van der Waals surface area contributed by atoms with Gasteiger partial charge in [0.25, 0.3) is 0 Å². The zero-order valence-electron chi connectivity index (χ0n) is 10.4. The van der Waals surface area contributed by atoms with E-state index in [9.17, 15) is 15.0 Å².